The smallest absolute Gasteiger partial charge is 0.155 e. The van der Waals surface area contributed by atoms with E-state index < -0.39 is 0 Å². The average molecular weight is 192 g/mol. The van der Waals surface area contributed by atoms with Gasteiger partial charge in [-0.25, -0.2) is 0 Å². The van der Waals surface area contributed by atoms with Crippen molar-refractivity contribution in [2.45, 2.75) is 32.2 Å². The van der Waals surface area contributed by atoms with Crippen molar-refractivity contribution >= 4 is 0 Å². The van der Waals surface area contributed by atoms with Gasteiger partial charge in [-0.3, -0.25) is 0 Å². The van der Waals surface area contributed by atoms with Crippen LogP contribution in [0.25, 0.3) is 0 Å². The highest BCUT2D eigenvalue weighted by atomic mass is 16.7. The minimum Gasteiger partial charge on any atom is -0.350 e. The molecule has 1 aromatic carbocycles. The molecule has 0 unspecified atom stereocenters. The molecule has 0 N–H and O–H groups in total. The maximum atomic E-state index is 5.66. The van der Waals surface area contributed by atoms with Crippen LogP contribution in [0.1, 0.15) is 25.3 Å². The van der Waals surface area contributed by atoms with Crippen LogP contribution >= 0.6 is 0 Å². The topological polar surface area (TPSA) is 18.5 Å². The van der Waals surface area contributed by atoms with E-state index in [1.807, 2.05) is 13.0 Å². The van der Waals surface area contributed by atoms with Crippen molar-refractivity contribution in [2.24, 2.45) is 0 Å². The molecule has 1 fully saturated rings. The van der Waals surface area contributed by atoms with Crippen LogP contribution in [0, 0.1) is 0 Å². The van der Waals surface area contributed by atoms with Crippen LogP contribution in [0.5, 0.6) is 0 Å². The van der Waals surface area contributed by atoms with Gasteiger partial charge in [0.15, 0.2) is 6.29 Å². The van der Waals surface area contributed by atoms with Gasteiger partial charge in [-0.2, -0.15) is 0 Å². The number of benzene rings is 1. The second-order valence-electron chi connectivity index (χ2n) is 3.77. The minimum absolute atomic E-state index is 0.0498. The van der Waals surface area contributed by atoms with Gasteiger partial charge in [0, 0.05) is 5.92 Å². The molecule has 0 aromatic heterocycles. The molecule has 0 amide bonds. The second-order valence-corrected chi connectivity index (χ2v) is 3.77. The molecule has 1 aromatic rings. The Kier molecular flexibility index (Phi) is 2.85. The molecule has 76 valence electrons. The van der Waals surface area contributed by atoms with Gasteiger partial charge in [0.1, 0.15) is 0 Å². The third-order valence-electron chi connectivity index (χ3n) is 2.74. The lowest BCUT2D eigenvalue weighted by Crippen LogP contribution is -2.18. The second kappa shape index (κ2) is 4.11. The SMILES string of the molecule is C[C@@H]1OC[C@@H]([C@@H](C)c2ccccc2)O1. The Bertz CT molecular complexity index is 284. The Morgan fingerprint density at radius 3 is 2.57 bits per heavy atom. The fourth-order valence-corrected chi connectivity index (χ4v) is 1.79. The Balaban J connectivity index is 2.05. The van der Waals surface area contributed by atoms with Crippen molar-refractivity contribution in [3.63, 3.8) is 0 Å². The molecular weight excluding hydrogens is 176 g/mol. The van der Waals surface area contributed by atoms with Crippen LogP contribution < -0.4 is 0 Å². The van der Waals surface area contributed by atoms with E-state index in [0.29, 0.717) is 12.5 Å². The Morgan fingerprint density at radius 1 is 1.29 bits per heavy atom. The number of rotatable bonds is 2. The molecule has 0 radical (unpaired) electrons. The highest BCUT2D eigenvalue weighted by Gasteiger charge is 2.28. The van der Waals surface area contributed by atoms with Gasteiger partial charge in [0.05, 0.1) is 12.7 Å². The third kappa shape index (κ3) is 1.97. The number of hydrogen-bond donors (Lipinski definition) is 0. The summed E-state index contributed by atoms with van der Waals surface area (Å²) >= 11 is 0. The quantitative estimate of drug-likeness (QED) is 0.717. The van der Waals surface area contributed by atoms with Gasteiger partial charge in [0.2, 0.25) is 0 Å². The van der Waals surface area contributed by atoms with Gasteiger partial charge in [-0.05, 0) is 12.5 Å². The van der Waals surface area contributed by atoms with Crippen LogP contribution in [0.15, 0.2) is 30.3 Å². The molecule has 0 spiro atoms. The predicted molar refractivity (Wildman–Crippen MR) is 55.1 cm³/mol. The Labute approximate surface area is 84.8 Å². The third-order valence-corrected chi connectivity index (χ3v) is 2.74. The summed E-state index contributed by atoms with van der Waals surface area (Å²) in [6, 6.07) is 10.4. The summed E-state index contributed by atoms with van der Waals surface area (Å²) in [4.78, 5) is 0. The molecule has 2 rings (SSSR count). The summed E-state index contributed by atoms with van der Waals surface area (Å²) in [5.41, 5.74) is 1.32. The van der Waals surface area contributed by atoms with Crippen molar-refractivity contribution in [1.82, 2.24) is 0 Å². The Morgan fingerprint density at radius 2 is 2.00 bits per heavy atom. The van der Waals surface area contributed by atoms with Crippen molar-refractivity contribution in [3.8, 4) is 0 Å². The van der Waals surface area contributed by atoms with Crippen LogP contribution in [0.4, 0.5) is 0 Å². The highest BCUT2D eigenvalue weighted by Crippen LogP contribution is 2.26. The summed E-state index contributed by atoms with van der Waals surface area (Å²) in [7, 11) is 0. The van der Waals surface area contributed by atoms with E-state index in [4.69, 9.17) is 9.47 Å². The molecule has 0 saturated carbocycles. The van der Waals surface area contributed by atoms with Crippen LogP contribution in [-0.4, -0.2) is 19.0 Å². The van der Waals surface area contributed by atoms with Gasteiger partial charge < -0.3 is 9.47 Å². The largest absolute Gasteiger partial charge is 0.350 e. The molecule has 1 heterocycles. The van der Waals surface area contributed by atoms with E-state index >= 15 is 0 Å². The zero-order valence-corrected chi connectivity index (χ0v) is 8.64. The van der Waals surface area contributed by atoms with E-state index in [1.54, 1.807) is 0 Å². The summed E-state index contributed by atoms with van der Waals surface area (Å²) in [6.07, 6.45) is 0.151. The molecule has 3 atom stereocenters. The monoisotopic (exact) mass is 192 g/mol. The fourth-order valence-electron chi connectivity index (χ4n) is 1.79. The molecule has 0 bridgehead atoms. The van der Waals surface area contributed by atoms with E-state index in [2.05, 4.69) is 31.2 Å². The first-order valence-corrected chi connectivity index (χ1v) is 5.09. The molecular formula is C12H16O2. The van der Waals surface area contributed by atoms with Crippen LogP contribution in [0.3, 0.4) is 0 Å². The van der Waals surface area contributed by atoms with E-state index in [0.717, 1.165) is 0 Å². The molecule has 14 heavy (non-hydrogen) atoms. The lowest BCUT2D eigenvalue weighted by atomic mass is 9.96. The predicted octanol–water partition coefficient (Wildman–Crippen LogP) is 2.55. The summed E-state index contributed by atoms with van der Waals surface area (Å²) in [5.74, 6) is 0.404. The van der Waals surface area contributed by atoms with E-state index in [1.165, 1.54) is 5.56 Å². The molecule has 2 heteroatoms. The lowest BCUT2D eigenvalue weighted by molar-refractivity contribution is -0.0455. The fraction of sp³-hybridized carbons (Fsp3) is 0.500. The maximum Gasteiger partial charge on any atom is 0.155 e. The lowest BCUT2D eigenvalue weighted by Gasteiger charge is -2.17. The summed E-state index contributed by atoms with van der Waals surface area (Å²) in [5, 5.41) is 0. The first-order valence-electron chi connectivity index (χ1n) is 5.09. The maximum absolute atomic E-state index is 5.66. The van der Waals surface area contributed by atoms with E-state index in [9.17, 15) is 0 Å². The van der Waals surface area contributed by atoms with Crippen molar-refractivity contribution in [2.75, 3.05) is 6.61 Å². The minimum atomic E-state index is -0.0498. The summed E-state index contributed by atoms with van der Waals surface area (Å²) < 4.78 is 11.0. The van der Waals surface area contributed by atoms with Gasteiger partial charge in [-0.1, -0.05) is 37.3 Å². The zero-order chi connectivity index (χ0) is 9.97. The normalized spacial score (nSPS) is 29.0. The van der Waals surface area contributed by atoms with Gasteiger partial charge >= 0.3 is 0 Å². The summed E-state index contributed by atoms with van der Waals surface area (Å²) in [6.45, 7) is 4.83. The van der Waals surface area contributed by atoms with Crippen molar-refractivity contribution in [3.05, 3.63) is 35.9 Å². The van der Waals surface area contributed by atoms with Crippen LogP contribution in [0.2, 0.25) is 0 Å². The first kappa shape index (κ1) is 9.69. The molecule has 0 aliphatic carbocycles. The van der Waals surface area contributed by atoms with Crippen molar-refractivity contribution in [1.29, 1.82) is 0 Å². The van der Waals surface area contributed by atoms with Gasteiger partial charge in [0.25, 0.3) is 0 Å². The standard InChI is InChI=1S/C12H16O2/c1-9(11-6-4-3-5-7-11)12-8-13-10(2)14-12/h3-7,9-10,12H,8H2,1-2H3/t9-,10+,12-/m0/s1. The van der Waals surface area contributed by atoms with Crippen LogP contribution in [-0.2, 0) is 9.47 Å². The Hall–Kier alpha value is -0.860. The van der Waals surface area contributed by atoms with Gasteiger partial charge in [-0.15, -0.1) is 0 Å². The first-order chi connectivity index (χ1) is 6.77. The van der Waals surface area contributed by atoms with E-state index in [-0.39, 0.29) is 12.4 Å². The molecule has 1 aliphatic heterocycles. The molecule has 1 saturated heterocycles. The van der Waals surface area contributed by atoms with Crippen molar-refractivity contribution < 1.29 is 9.47 Å². The molecule has 1 aliphatic rings. The average Bonchev–Trinajstić information content (AvgIpc) is 2.65. The zero-order valence-electron chi connectivity index (χ0n) is 8.64. The molecule has 2 nitrogen and oxygen atoms in total. The number of hydrogen-bond acceptors (Lipinski definition) is 2. The number of ether oxygens (including phenoxy) is 2. The highest BCUT2D eigenvalue weighted by molar-refractivity contribution is 5.20.